The van der Waals surface area contributed by atoms with Crippen LogP contribution in [0, 0.1) is 0 Å². The summed E-state index contributed by atoms with van der Waals surface area (Å²) in [6.07, 6.45) is 1.06. The lowest BCUT2D eigenvalue weighted by Gasteiger charge is -2.15. The molecule has 0 aromatic heterocycles. The molecule has 0 aliphatic carbocycles. The minimum absolute atomic E-state index is 0.145. The molecule has 1 N–H and O–H groups in total. The van der Waals surface area contributed by atoms with Crippen molar-refractivity contribution in [2.45, 2.75) is 18.9 Å². The van der Waals surface area contributed by atoms with Gasteiger partial charge in [0.1, 0.15) is 0 Å². The Kier molecular flexibility index (Phi) is 4.30. The normalized spacial score (nSPS) is 18.0. The number of nitrogens with one attached hydrogen (secondary N) is 1. The molecule has 1 atom stereocenters. The zero-order chi connectivity index (χ0) is 15.4. The van der Waals surface area contributed by atoms with Crippen LogP contribution in [-0.4, -0.2) is 24.4 Å². The van der Waals surface area contributed by atoms with Gasteiger partial charge in [-0.15, -0.1) is 0 Å². The molecule has 2 aromatic carbocycles. The maximum Gasteiger partial charge on any atom is 0.251 e. The van der Waals surface area contributed by atoms with E-state index in [0.29, 0.717) is 12.2 Å². The molecule has 1 saturated heterocycles. The Hall–Kier alpha value is -2.46. The number of amides is 2. The van der Waals surface area contributed by atoms with Crippen LogP contribution in [0.5, 0.6) is 0 Å². The molecular weight excluding hydrogens is 276 g/mol. The number of hydrogen-bond acceptors (Lipinski definition) is 3. The summed E-state index contributed by atoms with van der Waals surface area (Å²) in [5, 5.41) is 3.20. The molecule has 0 unspecified atom stereocenters. The second-order valence-corrected chi connectivity index (χ2v) is 5.35. The van der Waals surface area contributed by atoms with Crippen LogP contribution in [0.1, 0.15) is 12.0 Å². The van der Waals surface area contributed by atoms with E-state index < -0.39 is 6.04 Å². The first kappa shape index (κ1) is 14.5. The van der Waals surface area contributed by atoms with Crippen molar-refractivity contribution >= 4 is 17.5 Å². The number of carbonyl (C=O) groups excluding carboxylic acids is 2. The van der Waals surface area contributed by atoms with Crippen LogP contribution in [-0.2, 0) is 16.0 Å². The summed E-state index contributed by atoms with van der Waals surface area (Å²) in [6.45, 7) is 0.677. The van der Waals surface area contributed by atoms with Crippen LogP contribution in [0.2, 0.25) is 0 Å². The Bertz CT molecular complexity index is 655. The highest BCUT2D eigenvalue weighted by molar-refractivity contribution is 6.22. The topological polar surface area (TPSA) is 49.4 Å². The number of hydrogen-bond donors (Lipinski definition) is 1. The minimum Gasteiger partial charge on any atom is -0.305 e. The van der Waals surface area contributed by atoms with Crippen molar-refractivity contribution < 1.29 is 9.59 Å². The van der Waals surface area contributed by atoms with Crippen LogP contribution in [0.15, 0.2) is 60.7 Å². The first-order chi connectivity index (χ1) is 10.8. The molecule has 0 saturated carbocycles. The molecule has 1 aliphatic heterocycles. The SMILES string of the molecule is O=C1C[C@@H](NCCc2ccccc2)C(=O)N1c1ccccc1. The standard InChI is InChI=1S/C18H18N2O2/c21-17-13-16(19-12-11-14-7-3-1-4-8-14)18(22)20(17)15-9-5-2-6-10-15/h1-10,16,19H,11-13H2/t16-/m1/s1. The fourth-order valence-electron chi connectivity index (χ4n) is 2.68. The highest BCUT2D eigenvalue weighted by Crippen LogP contribution is 2.22. The number of anilines is 1. The van der Waals surface area contributed by atoms with Gasteiger partial charge in [0.25, 0.3) is 5.91 Å². The van der Waals surface area contributed by atoms with E-state index in [0.717, 1.165) is 6.42 Å². The first-order valence-electron chi connectivity index (χ1n) is 7.45. The average molecular weight is 294 g/mol. The van der Waals surface area contributed by atoms with Gasteiger partial charge in [0, 0.05) is 0 Å². The molecular formula is C18H18N2O2. The van der Waals surface area contributed by atoms with E-state index in [-0.39, 0.29) is 18.2 Å². The van der Waals surface area contributed by atoms with Crippen molar-refractivity contribution in [2.75, 3.05) is 11.4 Å². The van der Waals surface area contributed by atoms with Gasteiger partial charge < -0.3 is 5.32 Å². The Labute approximate surface area is 129 Å². The van der Waals surface area contributed by atoms with Crippen molar-refractivity contribution in [1.29, 1.82) is 0 Å². The minimum atomic E-state index is -0.420. The van der Waals surface area contributed by atoms with Crippen molar-refractivity contribution in [3.05, 3.63) is 66.2 Å². The van der Waals surface area contributed by atoms with Gasteiger partial charge in [-0.2, -0.15) is 0 Å². The largest absolute Gasteiger partial charge is 0.305 e. The maximum atomic E-state index is 12.4. The first-order valence-corrected chi connectivity index (χ1v) is 7.45. The van der Waals surface area contributed by atoms with Crippen LogP contribution in [0.25, 0.3) is 0 Å². The second-order valence-electron chi connectivity index (χ2n) is 5.35. The smallest absolute Gasteiger partial charge is 0.251 e. The summed E-state index contributed by atoms with van der Waals surface area (Å²) in [6, 6.07) is 18.7. The summed E-state index contributed by atoms with van der Waals surface area (Å²) >= 11 is 0. The van der Waals surface area contributed by atoms with Gasteiger partial charge in [0.05, 0.1) is 18.2 Å². The summed E-state index contributed by atoms with van der Waals surface area (Å²) in [7, 11) is 0. The van der Waals surface area contributed by atoms with Gasteiger partial charge in [-0.1, -0.05) is 48.5 Å². The van der Waals surface area contributed by atoms with E-state index in [1.54, 1.807) is 12.1 Å². The lowest BCUT2D eigenvalue weighted by Crippen LogP contribution is -2.39. The Morgan fingerprint density at radius 2 is 1.59 bits per heavy atom. The number of carbonyl (C=O) groups is 2. The molecule has 112 valence electrons. The highest BCUT2D eigenvalue weighted by atomic mass is 16.2. The van der Waals surface area contributed by atoms with Crippen LogP contribution >= 0.6 is 0 Å². The molecule has 2 aromatic rings. The highest BCUT2D eigenvalue weighted by Gasteiger charge is 2.38. The summed E-state index contributed by atoms with van der Waals surface area (Å²) < 4.78 is 0. The third-order valence-electron chi connectivity index (χ3n) is 3.81. The average Bonchev–Trinajstić information content (AvgIpc) is 2.83. The van der Waals surface area contributed by atoms with E-state index in [1.807, 2.05) is 36.4 Å². The molecule has 0 spiro atoms. The Morgan fingerprint density at radius 3 is 2.27 bits per heavy atom. The fourth-order valence-corrected chi connectivity index (χ4v) is 2.68. The van der Waals surface area contributed by atoms with Gasteiger partial charge >= 0.3 is 0 Å². The van der Waals surface area contributed by atoms with Gasteiger partial charge in [0.15, 0.2) is 0 Å². The van der Waals surface area contributed by atoms with Gasteiger partial charge in [-0.3, -0.25) is 9.59 Å². The van der Waals surface area contributed by atoms with Crippen molar-refractivity contribution in [1.82, 2.24) is 5.32 Å². The molecule has 1 fully saturated rings. The molecule has 22 heavy (non-hydrogen) atoms. The summed E-state index contributed by atoms with van der Waals surface area (Å²) in [5.74, 6) is -0.308. The predicted octanol–water partition coefficient (Wildman–Crippen LogP) is 2.15. The zero-order valence-electron chi connectivity index (χ0n) is 12.2. The molecule has 4 nitrogen and oxygen atoms in total. The van der Waals surface area contributed by atoms with Crippen molar-refractivity contribution in [3.8, 4) is 0 Å². The predicted molar refractivity (Wildman–Crippen MR) is 85.5 cm³/mol. The van der Waals surface area contributed by atoms with Crippen LogP contribution in [0.4, 0.5) is 5.69 Å². The van der Waals surface area contributed by atoms with Gasteiger partial charge in [-0.25, -0.2) is 4.90 Å². The van der Waals surface area contributed by atoms with E-state index in [1.165, 1.54) is 10.5 Å². The molecule has 0 bridgehead atoms. The van der Waals surface area contributed by atoms with E-state index in [9.17, 15) is 9.59 Å². The molecule has 4 heteroatoms. The number of nitrogens with zero attached hydrogens (tertiary/aromatic N) is 1. The molecule has 1 heterocycles. The maximum absolute atomic E-state index is 12.4. The number of imide groups is 1. The Morgan fingerprint density at radius 1 is 0.955 bits per heavy atom. The van der Waals surface area contributed by atoms with Gasteiger partial charge in [-0.05, 0) is 30.7 Å². The third kappa shape index (κ3) is 3.07. The summed E-state index contributed by atoms with van der Waals surface area (Å²) in [4.78, 5) is 25.8. The van der Waals surface area contributed by atoms with E-state index in [2.05, 4.69) is 17.4 Å². The zero-order valence-corrected chi connectivity index (χ0v) is 12.2. The number of para-hydroxylation sites is 1. The monoisotopic (exact) mass is 294 g/mol. The second kappa shape index (κ2) is 6.54. The Balaban J connectivity index is 1.60. The third-order valence-corrected chi connectivity index (χ3v) is 3.81. The van der Waals surface area contributed by atoms with Crippen molar-refractivity contribution in [2.24, 2.45) is 0 Å². The lowest BCUT2D eigenvalue weighted by atomic mass is 10.1. The quantitative estimate of drug-likeness (QED) is 0.860. The van der Waals surface area contributed by atoms with Crippen molar-refractivity contribution in [3.63, 3.8) is 0 Å². The van der Waals surface area contributed by atoms with Gasteiger partial charge in [0.2, 0.25) is 5.91 Å². The van der Waals surface area contributed by atoms with Crippen LogP contribution in [0.3, 0.4) is 0 Å². The lowest BCUT2D eigenvalue weighted by molar-refractivity contribution is -0.121. The van der Waals surface area contributed by atoms with E-state index in [4.69, 9.17) is 0 Å². The molecule has 0 radical (unpaired) electrons. The molecule has 1 aliphatic rings. The molecule has 2 amide bonds. The fraction of sp³-hybridized carbons (Fsp3) is 0.222. The molecule has 3 rings (SSSR count). The number of benzene rings is 2. The van der Waals surface area contributed by atoms with Crippen LogP contribution < -0.4 is 10.2 Å². The summed E-state index contributed by atoms with van der Waals surface area (Å²) in [5.41, 5.74) is 1.86. The number of rotatable bonds is 5. The van der Waals surface area contributed by atoms with E-state index >= 15 is 0 Å².